The fourth-order valence-electron chi connectivity index (χ4n) is 1.28. The largest absolute Gasteiger partial charge is 0.324 e. The van der Waals surface area contributed by atoms with Gasteiger partial charge in [-0.1, -0.05) is 33.1 Å². The molecule has 0 aliphatic rings. The second-order valence-electron chi connectivity index (χ2n) is 3.43. The number of hydrogen-bond acceptors (Lipinski definition) is 1. The van der Waals surface area contributed by atoms with Gasteiger partial charge in [-0.25, -0.2) is 0 Å². The summed E-state index contributed by atoms with van der Waals surface area (Å²) in [5, 5.41) is 0.709. The van der Waals surface area contributed by atoms with E-state index in [0.717, 1.165) is 22.0 Å². The van der Waals surface area contributed by atoms with Gasteiger partial charge in [0.25, 0.3) is 0 Å². The number of rotatable bonds is 3. The van der Waals surface area contributed by atoms with Crippen LogP contribution in [0.25, 0.3) is 0 Å². The van der Waals surface area contributed by atoms with Crippen molar-refractivity contribution in [2.75, 3.05) is 0 Å². The van der Waals surface area contributed by atoms with Crippen molar-refractivity contribution in [1.82, 2.24) is 0 Å². The van der Waals surface area contributed by atoms with Crippen LogP contribution in [0.15, 0.2) is 34.8 Å². The highest BCUT2D eigenvalue weighted by molar-refractivity contribution is 9.10. The summed E-state index contributed by atoms with van der Waals surface area (Å²) < 4.78 is 0.996. The molecule has 84 valence electrons. The van der Waals surface area contributed by atoms with Crippen molar-refractivity contribution in [2.45, 2.75) is 19.4 Å². The van der Waals surface area contributed by atoms with E-state index in [4.69, 9.17) is 17.3 Å². The molecule has 1 rings (SSSR count). The monoisotopic (exact) mass is 309 g/mol. The third-order valence-electron chi connectivity index (χ3n) is 1.93. The van der Waals surface area contributed by atoms with Crippen LogP contribution >= 0.6 is 39.9 Å². The van der Waals surface area contributed by atoms with E-state index in [2.05, 4.69) is 22.5 Å². The summed E-state index contributed by atoms with van der Waals surface area (Å²) in [5.74, 6) is 0. The van der Waals surface area contributed by atoms with Crippen molar-refractivity contribution < 1.29 is 0 Å². The molecule has 15 heavy (non-hydrogen) atoms. The van der Waals surface area contributed by atoms with Gasteiger partial charge in [-0.2, -0.15) is 0 Å². The zero-order valence-corrected chi connectivity index (χ0v) is 11.6. The summed E-state index contributed by atoms with van der Waals surface area (Å²) in [6, 6.07) is 5.60. The molecule has 0 saturated heterocycles. The molecule has 1 nitrogen and oxygen atoms in total. The predicted octanol–water partition coefficient (Wildman–Crippen LogP) is 4.49. The van der Waals surface area contributed by atoms with Crippen LogP contribution in [-0.2, 0) is 0 Å². The van der Waals surface area contributed by atoms with Crippen LogP contribution in [0.5, 0.6) is 0 Å². The molecule has 4 heteroatoms. The van der Waals surface area contributed by atoms with Gasteiger partial charge in [0.15, 0.2) is 0 Å². The molecule has 0 radical (unpaired) electrons. The average molecular weight is 311 g/mol. The summed E-state index contributed by atoms with van der Waals surface area (Å²) in [7, 11) is 0. The SMILES string of the molecule is C=C(C)C[C@H](N)c1cc(Cl)ccc1Br.Cl. The molecule has 0 amide bonds. The molecular weight excluding hydrogens is 297 g/mol. The lowest BCUT2D eigenvalue weighted by atomic mass is 10.0. The molecule has 0 aliphatic carbocycles. The van der Waals surface area contributed by atoms with Gasteiger partial charge in [0.1, 0.15) is 0 Å². The maximum atomic E-state index is 6.02. The highest BCUT2D eigenvalue weighted by Crippen LogP contribution is 2.28. The number of hydrogen-bond donors (Lipinski definition) is 1. The van der Waals surface area contributed by atoms with Crippen molar-refractivity contribution in [2.24, 2.45) is 5.73 Å². The minimum absolute atomic E-state index is 0. The molecule has 0 aromatic heterocycles. The van der Waals surface area contributed by atoms with Crippen LogP contribution in [0, 0.1) is 0 Å². The Morgan fingerprint density at radius 2 is 2.20 bits per heavy atom. The minimum atomic E-state index is -0.0411. The van der Waals surface area contributed by atoms with E-state index >= 15 is 0 Å². The van der Waals surface area contributed by atoms with Crippen molar-refractivity contribution in [1.29, 1.82) is 0 Å². The summed E-state index contributed by atoms with van der Waals surface area (Å²) >= 11 is 9.35. The zero-order chi connectivity index (χ0) is 10.7. The molecule has 0 bridgehead atoms. The van der Waals surface area contributed by atoms with Gasteiger partial charge < -0.3 is 5.73 Å². The third-order valence-corrected chi connectivity index (χ3v) is 2.88. The smallest absolute Gasteiger partial charge is 0.0410 e. The number of nitrogens with two attached hydrogens (primary N) is 1. The maximum Gasteiger partial charge on any atom is 0.0410 e. The van der Waals surface area contributed by atoms with Gasteiger partial charge in [-0.3, -0.25) is 0 Å². The summed E-state index contributed by atoms with van der Waals surface area (Å²) in [6.07, 6.45) is 0.777. The first kappa shape index (κ1) is 15.0. The van der Waals surface area contributed by atoms with Gasteiger partial charge in [0.2, 0.25) is 0 Å². The fraction of sp³-hybridized carbons (Fsp3) is 0.273. The zero-order valence-electron chi connectivity index (χ0n) is 8.47. The van der Waals surface area contributed by atoms with Crippen molar-refractivity contribution in [3.63, 3.8) is 0 Å². The van der Waals surface area contributed by atoms with Gasteiger partial charge in [-0.05, 0) is 37.1 Å². The Bertz CT molecular complexity index is 352. The Morgan fingerprint density at radius 3 is 2.73 bits per heavy atom. The van der Waals surface area contributed by atoms with Crippen LogP contribution in [0.4, 0.5) is 0 Å². The van der Waals surface area contributed by atoms with Gasteiger partial charge in [0, 0.05) is 15.5 Å². The first-order chi connectivity index (χ1) is 6.50. The second-order valence-corrected chi connectivity index (χ2v) is 4.72. The summed E-state index contributed by atoms with van der Waals surface area (Å²) in [5.41, 5.74) is 8.12. The Hall–Kier alpha value is -0.0200. The topological polar surface area (TPSA) is 26.0 Å². The maximum absolute atomic E-state index is 6.02. The van der Waals surface area contributed by atoms with E-state index in [0.29, 0.717) is 5.02 Å². The normalized spacial score (nSPS) is 11.7. The molecule has 0 fully saturated rings. The van der Waals surface area contributed by atoms with Gasteiger partial charge in [0.05, 0.1) is 0 Å². The van der Waals surface area contributed by atoms with E-state index in [1.54, 1.807) is 0 Å². The predicted molar refractivity (Wildman–Crippen MR) is 72.8 cm³/mol. The van der Waals surface area contributed by atoms with Crippen LogP contribution in [-0.4, -0.2) is 0 Å². The molecule has 0 unspecified atom stereocenters. The molecule has 0 heterocycles. The third kappa shape index (κ3) is 4.56. The van der Waals surface area contributed by atoms with Crippen LogP contribution in [0.3, 0.4) is 0 Å². The Morgan fingerprint density at radius 1 is 1.60 bits per heavy atom. The summed E-state index contributed by atoms with van der Waals surface area (Å²) in [4.78, 5) is 0. The molecule has 1 aromatic rings. The molecule has 0 aliphatic heterocycles. The molecule has 0 spiro atoms. The minimum Gasteiger partial charge on any atom is -0.324 e. The Balaban J connectivity index is 0.00000196. The van der Waals surface area contributed by atoms with Gasteiger partial charge in [-0.15, -0.1) is 19.0 Å². The van der Waals surface area contributed by atoms with Gasteiger partial charge >= 0.3 is 0 Å². The lowest BCUT2D eigenvalue weighted by Crippen LogP contribution is -2.11. The summed E-state index contributed by atoms with van der Waals surface area (Å²) in [6.45, 7) is 5.81. The lowest BCUT2D eigenvalue weighted by molar-refractivity contribution is 0.714. The number of benzene rings is 1. The van der Waals surface area contributed by atoms with E-state index < -0.39 is 0 Å². The van der Waals surface area contributed by atoms with Crippen LogP contribution in [0.2, 0.25) is 5.02 Å². The van der Waals surface area contributed by atoms with Crippen molar-refractivity contribution >= 4 is 39.9 Å². The van der Waals surface area contributed by atoms with Crippen LogP contribution in [0.1, 0.15) is 24.9 Å². The molecule has 0 saturated carbocycles. The quantitative estimate of drug-likeness (QED) is 0.818. The standard InChI is InChI=1S/C11H13BrClN.ClH/c1-7(2)5-11(14)9-6-8(13)3-4-10(9)12;/h3-4,6,11H,1,5,14H2,2H3;1H/t11-;/m0./s1. The highest BCUT2D eigenvalue weighted by Gasteiger charge is 2.10. The van der Waals surface area contributed by atoms with Crippen molar-refractivity contribution in [3.05, 3.63) is 45.4 Å². The highest BCUT2D eigenvalue weighted by atomic mass is 79.9. The molecule has 1 aromatic carbocycles. The fourth-order valence-corrected chi connectivity index (χ4v) is 2.01. The van der Waals surface area contributed by atoms with Crippen molar-refractivity contribution in [3.8, 4) is 0 Å². The Kier molecular flexibility index (Phi) is 6.53. The second kappa shape index (κ2) is 6.54. The molecular formula is C11H14BrCl2N. The molecule has 1 atom stereocenters. The molecule has 2 N–H and O–H groups in total. The van der Waals surface area contributed by atoms with E-state index in [9.17, 15) is 0 Å². The van der Waals surface area contributed by atoms with E-state index in [-0.39, 0.29) is 18.4 Å². The average Bonchev–Trinajstić information content (AvgIpc) is 2.08. The first-order valence-electron chi connectivity index (χ1n) is 4.35. The van der Waals surface area contributed by atoms with Crippen LogP contribution < -0.4 is 5.73 Å². The lowest BCUT2D eigenvalue weighted by Gasteiger charge is -2.14. The first-order valence-corrected chi connectivity index (χ1v) is 5.52. The van der Waals surface area contributed by atoms with E-state index in [1.165, 1.54) is 0 Å². The van der Waals surface area contributed by atoms with E-state index in [1.807, 2.05) is 25.1 Å². The number of halogens is 3. The Labute approximate surface area is 110 Å².